The van der Waals surface area contributed by atoms with Crippen molar-refractivity contribution >= 4 is 33.8 Å². The normalized spacial score (nSPS) is 18.7. The summed E-state index contributed by atoms with van der Waals surface area (Å²) in [6, 6.07) is 2.69. The van der Waals surface area contributed by atoms with Crippen LogP contribution in [0.2, 0.25) is 0 Å². The van der Waals surface area contributed by atoms with Crippen molar-refractivity contribution in [3.63, 3.8) is 0 Å². The first-order valence-electron chi connectivity index (χ1n) is 7.26. The highest BCUT2D eigenvalue weighted by Crippen LogP contribution is 2.21. The third-order valence-electron chi connectivity index (χ3n) is 3.33. The zero-order valence-electron chi connectivity index (χ0n) is 13.3. The first-order valence-corrected chi connectivity index (χ1v) is 8.05. The van der Waals surface area contributed by atoms with Crippen molar-refractivity contribution in [3.8, 4) is 0 Å². The molecule has 1 aliphatic heterocycles. The zero-order valence-corrected chi connectivity index (χ0v) is 14.9. The van der Waals surface area contributed by atoms with E-state index in [2.05, 4.69) is 20.9 Å². The molecule has 1 N–H and O–H groups in total. The molecule has 1 aromatic rings. The Kier molecular flexibility index (Phi) is 5.13. The van der Waals surface area contributed by atoms with Crippen LogP contribution >= 0.6 is 15.9 Å². The van der Waals surface area contributed by atoms with E-state index >= 15 is 0 Å². The Bertz CT molecular complexity index is 585. The first kappa shape index (κ1) is 17.5. The molecule has 1 aromatic heterocycles. The maximum absolute atomic E-state index is 12.2. The van der Waals surface area contributed by atoms with Crippen LogP contribution in [0, 0.1) is 0 Å². The Labute approximate surface area is 143 Å². The fraction of sp³-hybridized carbons (Fsp3) is 0.533. The number of halogens is 1. The van der Waals surface area contributed by atoms with Crippen LogP contribution < -0.4 is 4.90 Å². The van der Waals surface area contributed by atoms with Gasteiger partial charge < -0.3 is 14.7 Å². The van der Waals surface area contributed by atoms with Crippen molar-refractivity contribution in [2.45, 2.75) is 32.4 Å². The SMILES string of the molecule is CC(C)(C)OC(=O)N1CCN(c2ccc(Br)cn2)CC1C(=O)O. The van der Waals surface area contributed by atoms with Crippen molar-refractivity contribution in [1.82, 2.24) is 9.88 Å². The standard InChI is InChI=1S/C15H20BrN3O4/c1-15(2,3)23-14(22)19-7-6-18(9-11(19)13(20)21)12-5-4-10(16)8-17-12/h4-5,8,11H,6-7,9H2,1-3H3,(H,20,21). The number of aromatic nitrogens is 1. The van der Waals surface area contributed by atoms with Crippen LogP contribution in [0.25, 0.3) is 0 Å². The highest BCUT2D eigenvalue weighted by molar-refractivity contribution is 9.10. The van der Waals surface area contributed by atoms with Gasteiger partial charge in [-0.25, -0.2) is 14.6 Å². The zero-order chi connectivity index (χ0) is 17.2. The van der Waals surface area contributed by atoms with E-state index in [0.717, 1.165) is 4.47 Å². The number of ether oxygens (including phenoxy) is 1. The molecule has 1 aliphatic rings. The van der Waals surface area contributed by atoms with Crippen molar-refractivity contribution in [1.29, 1.82) is 0 Å². The van der Waals surface area contributed by atoms with E-state index in [1.165, 1.54) is 4.90 Å². The number of carbonyl (C=O) groups is 2. The highest BCUT2D eigenvalue weighted by Gasteiger charge is 2.37. The third kappa shape index (κ3) is 4.57. The molecule has 1 saturated heterocycles. The number of amides is 1. The number of piperazine rings is 1. The fourth-order valence-corrected chi connectivity index (χ4v) is 2.53. The minimum absolute atomic E-state index is 0.170. The Morgan fingerprint density at radius 2 is 2.04 bits per heavy atom. The quantitative estimate of drug-likeness (QED) is 0.840. The topological polar surface area (TPSA) is 83.0 Å². The minimum Gasteiger partial charge on any atom is -0.480 e. The maximum atomic E-state index is 12.2. The molecule has 8 heteroatoms. The second-order valence-corrected chi connectivity index (χ2v) is 7.22. The van der Waals surface area contributed by atoms with E-state index in [1.807, 2.05) is 17.0 Å². The predicted octanol–water partition coefficient (Wildman–Crippen LogP) is 2.35. The summed E-state index contributed by atoms with van der Waals surface area (Å²) < 4.78 is 6.15. The van der Waals surface area contributed by atoms with Gasteiger partial charge in [-0.05, 0) is 48.8 Å². The van der Waals surface area contributed by atoms with Crippen molar-refractivity contribution in [2.24, 2.45) is 0 Å². The van der Waals surface area contributed by atoms with Crippen LogP contribution in [0.15, 0.2) is 22.8 Å². The van der Waals surface area contributed by atoms with Gasteiger partial charge in [0.2, 0.25) is 0 Å². The van der Waals surface area contributed by atoms with E-state index in [-0.39, 0.29) is 13.1 Å². The van der Waals surface area contributed by atoms with Crippen LogP contribution in [0.5, 0.6) is 0 Å². The predicted molar refractivity (Wildman–Crippen MR) is 88.5 cm³/mol. The van der Waals surface area contributed by atoms with Crippen molar-refractivity contribution in [3.05, 3.63) is 22.8 Å². The molecule has 0 radical (unpaired) electrons. The van der Waals surface area contributed by atoms with Crippen LogP contribution in [0.3, 0.4) is 0 Å². The summed E-state index contributed by atoms with van der Waals surface area (Å²) >= 11 is 3.32. The molecule has 0 saturated carbocycles. The summed E-state index contributed by atoms with van der Waals surface area (Å²) in [7, 11) is 0. The molecule has 126 valence electrons. The van der Waals surface area contributed by atoms with E-state index in [0.29, 0.717) is 12.4 Å². The molecule has 0 aliphatic carbocycles. The number of pyridine rings is 1. The van der Waals surface area contributed by atoms with Gasteiger partial charge >= 0.3 is 12.1 Å². The van der Waals surface area contributed by atoms with Gasteiger partial charge in [-0.15, -0.1) is 0 Å². The lowest BCUT2D eigenvalue weighted by Crippen LogP contribution is -2.59. The number of hydrogen-bond acceptors (Lipinski definition) is 5. The van der Waals surface area contributed by atoms with Gasteiger partial charge in [0.15, 0.2) is 0 Å². The van der Waals surface area contributed by atoms with Gasteiger partial charge in [0, 0.05) is 23.8 Å². The van der Waals surface area contributed by atoms with E-state index < -0.39 is 23.7 Å². The lowest BCUT2D eigenvalue weighted by Gasteiger charge is -2.40. The Morgan fingerprint density at radius 1 is 1.35 bits per heavy atom. The van der Waals surface area contributed by atoms with E-state index in [1.54, 1.807) is 27.0 Å². The molecule has 2 heterocycles. The summed E-state index contributed by atoms with van der Waals surface area (Å²) in [5.41, 5.74) is -0.662. The van der Waals surface area contributed by atoms with E-state index in [4.69, 9.17) is 4.74 Å². The van der Waals surface area contributed by atoms with Gasteiger partial charge in [0.25, 0.3) is 0 Å². The van der Waals surface area contributed by atoms with Crippen LogP contribution in [0.4, 0.5) is 10.6 Å². The molecule has 1 atom stereocenters. The Hall–Kier alpha value is -1.83. The highest BCUT2D eigenvalue weighted by atomic mass is 79.9. The number of aliphatic carboxylic acids is 1. The molecule has 0 aromatic carbocycles. The van der Waals surface area contributed by atoms with Gasteiger partial charge in [-0.2, -0.15) is 0 Å². The van der Waals surface area contributed by atoms with Gasteiger partial charge in [0.1, 0.15) is 17.5 Å². The van der Waals surface area contributed by atoms with Crippen LogP contribution in [-0.2, 0) is 9.53 Å². The van der Waals surface area contributed by atoms with Crippen molar-refractivity contribution < 1.29 is 19.4 Å². The third-order valence-corrected chi connectivity index (χ3v) is 3.80. The molecule has 1 unspecified atom stereocenters. The van der Waals surface area contributed by atoms with Gasteiger partial charge in [-0.3, -0.25) is 4.90 Å². The molecule has 7 nitrogen and oxygen atoms in total. The Balaban J connectivity index is 2.13. The first-order chi connectivity index (χ1) is 10.7. The summed E-state index contributed by atoms with van der Waals surface area (Å²) in [5, 5.41) is 9.46. The largest absolute Gasteiger partial charge is 0.480 e. The molecule has 23 heavy (non-hydrogen) atoms. The van der Waals surface area contributed by atoms with E-state index in [9.17, 15) is 14.7 Å². The molecule has 1 amide bonds. The number of carboxylic acid groups (broad SMARTS) is 1. The van der Waals surface area contributed by atoms with Crippen LogP contribution in [0.1, 0.15) is 20.8 Å². The second-order valence-electron chi connectivity index (χ2n) is 6.31. The van der Waals surface area contributed by atoms with Crippen molar-refractivity contribution in [2.75, 3.05) is 24.5 Å². The average Bonchev–Trinajstić information content (AvgIpc) is 2.45. The fourth-order valence-electron chi connectivity index (χ4n) is 2.30. The number of nitrogens with zero attached hydrogens (tertiary/aromatic N) is 3. The summed E-state index contributed by atoms with van der Waals surface area (Å²) in [4.78, 5) is 31.2. The number of carbonyl (C=O) groups excluding carboxylic acids is 1. The number of anilines is 1. The minimum atomic E-state index is -1.06. The summed E-state index contributed by atoms with van der Waals surface area (Å²) in [6.07, 6.45) is 1.05. The Morgan fingerprint density at radius 3 is 2.57 bits per heavy atom. The lowest BCUT2D eigenvalue weighted by atomic mass is 10.1. The lowest BCUT2D eigenvalue weighted by molar-refractivity contribution is -0.143. The van der Waals surface area contributed by atoms with Crippen LogP contribution in [-0.4, -0.2) is 58.3 Å². The number of hydrogen-bond donors (Lipinski definition) is 1. The molecular weight excluding hydrogens is 366 g/mol. The molecular formula is C15H20BrN3O4. The molecule has 0 spiro atoms. The molecule has 0 bridgehead atoms. The molecule has 2 rings (SSSR count). The monoisotopic (exact) mass is 385 g/mol. The average molecular weight is 386 g/mol. The summed E-state index contributed by atoms with van der Waals surface area (Å²) in [6.45, 7) is 6.19. The number of rotatable bonds is 2. The van der Waals surface area contributed by atoms with Gasteiger partial charge in [0.05, 0.1) is 6.54 Å². The number of carboxylic acids is 1. The summed E-state index contributed by atoms with van der Waals surface area (Å²) in [5.74, 6) is -0.374. The second kappa shape index (κ2) is 6.74. The maximum Gasteiger partial charge on any atom is 0.411 e. The van der Waals surface area contributed by atoms with Gasteiger partial charge in [-0.1, -0.05) is 0 Å². The molecule has 1 fully saturated rings. The smallest absolute Gasteiger partial charge is 0.411 e.